The Labute approximate surface area is 125 Å². The van der Waals surface area contributed by atoms with Gasteiger partial charge in [-0.1, -0.05) is 0 Å². The molecule has 0 aliphatic carbocycles. The number of carbonyl (C=O) groups excluding carboxylic acids is 1. The van der Waals surface area contributed by atoms with Crippen LogP contribution in [0.25, 0.3) is 11.4 Å². The van der Waals surface area contributed by atoms with Gasteiger partial charge >= 0.3 is 5.97 Å². The van der Waals surface area contributed by atoms with Gasteiger partial charge in [0.2, 0.25) is 0 Å². The number of anilines is 1. The van der Waals surface area contributed by atoms with Crippen molar-refractivity contribution in [2.45, 2.75) is 0 Å². The van der Waals surface area contributed by atoms with Crippen LogP contribution in [0.5, 0.6) is 11.5 Å². The van der Waals surface area contributed by atoms with Crippen molar-refractivity contribution in [1.29, 1.82) is 0 Å². The molecule has 0 aliphatic rings. The number of methoxy groups -OCH3 is 3. The van der Waals surface area contributed by atoms with Gasteiger partial charge in [-0.15, -0.1) is 11.3 Å². The molecule has 2 aromatic rings. The number of carbonyl (C=O) groups is 1. The van der Waals surface area contributed by atoms with Crippen LogP contribution >= 0.6 is 11.3 Å². The Balaban J connectivity index is 2.63. The predicted molar refractivity (Wildman–Crippen MR) is 79.3 cm³/mol. The molecule has 1 N–H and O–H groups in total. The molecule has 0 aromatic carbocycles. The van der Waals surface area contributed by atoms with Crippen LogP contribution in [0.2, 0.25) is 0 Å². The van der Waals surface area contributed by atoms with E-state index in [1.165, 1.54) is 38.7 Å². The fourth-order valence-electron chi connectivity index (χ4n) is 1.74. The van der Waals surface area contributed by atoms with Crippen molar-refractivity contribution >= 4 is 22.4 Å². The van der Waals surface area contributed by atoms with Gasteiger partial charge < -0.3 is 19.5 Å². The first kappa shape index (κ1) is 15.0. The Hall–Kier alpha value is -2.35. The highest BCUT2D eigenvalue weighted by Gasteiger charge is 2.21. The Morgan fingerprint density at radius 3 is 2.52 bits per heavy atom. The topological polar surface area (TPSA) is 82.6 Å². The van der Waals surface area contributed by atoms with Crippen LogP contribution in [0.3, 0.4) is 0 Å². The molecule has 0 spiro atoms. The van der Waals surface area contributed by atoms with E-state index in [0.717, 1.165) is 5.13 Å². The van der Waals surface area contributed by atoms with E-state index in [0.29, 0.717) is 22.9 Å². The minimum Gasteiger partial charge on any atom is -0.493 e. The quantitative estimate of drug-likeness (QED) is 0.846. The molecule has 0 amide bonds. The molecule has 0 saturated heterocycles. The maximum absolute atomic E-state index is 11.7. The van der Waals surface area contributed by atoms with Crippen LogP contribution in [-0.2, 0) is 4.74 Å². The lowest BCUT2D eigenvalue weighted by molar-refractivity contribution is 0.0593. The first-order valence-corrected chi connectivity index (χ1v) is 6.87. The summed E-state index contributed by atoms with van der Waals surface area (Å²) in [5, 5.41) is 5.50. The van der Waals surface area contributed by atoms with Gasteiger partial charge in [-0.05, 0) is 0 Å². The van der Waals surface area contributed by atoms with E-state index in [9.17, 15) is 4.79 Å². The van der Waals surface area contributed by atoms with Crippen molar-refractivity contribution in [2.24, 2.45) is 0 Å². The molecule has 8 heteroatoms. The van der Waals surface area contributed by atoms with Gasteiger partial charge in [-0.2, -0.15) is 0 Å². The molecule has 112 valence electrons. The molecule has 7 nitrogen and oxygen atoms in total. The molecule has 2 rings (SSSR count). The standard InChI is InChI=1S/C13H15N3O4S/c1-14-13-16-8(6-21-13)10-11(19-3)9(18-2)5-7(15-10)12(17)20-4/h5-6H,1-4H3,(H,14,16). The van der Waals surface area contributed by atoms with E-state index in [4.69, 9.17) is 14.2 Å². The highest BCUT2D eigenvalue weighted by Crippen LogP contribution is 2.38. The number of nitrogens with one attached hydrogen (secondary N) is 1. The fourth-order valence-corrected chi connectivity index (χ4v) is 2.40. The Morgan fingerprint density at radius 1 is 1.24 bits per heavy atom. The summed E-state index contributed by atoms with van der Waals surface area (Å²) in [5.41, 5.74) is 1.14. The third kappa shape index (κ3) is 2.89. The summed E-state index contributed by atoms with van der Waals surface area (Å²) >= 11 is 1.42. The zero-order valence-electron chi connectivity index (χ0n) is 12.1. The largest absolute Gasteiger partial charge is 0.493 e. The van der Waals surface area contributed by atoms with Crippen LogP contribution in [-0.4, -0.2) is 44.3 Å². The molecule has 0 unspecified atom stereocenters. The Morgan fingerprint density at radius 2 is 2.00 bits per heavy atom. The average Bonchev–Trinajstić information content (AvgIpc) is 3.01. The lowest BCUT2D eigenvalue weighted by Crippen LogP contribution is -2.07. The fraction of sp³-hybridized carbons (Fsp3) is 0.308. The molecule has 0 fully saturated rings. The summed E-state index contributed by atoms with van der Waals surface area (Å²) in [6.45, 7) is 0. The van der Waals surface area contributed by atoms with Crippen molar-refractivity contribution in [3.8, 4) is 22.9 Å². The molecular weight excluding hydrogens is 294 g/mol. The zero-order chi connectivity index (χ0) is 15.4. The molecule has 0 aliphatic heterocycles. The summed E-state index contributed by atoms with van der Waals surface area (Å²) in [6, 6.07) is 1.47. The highest BCUT2D eigenvalue weighted by molar-refractivity contribution is 7.14. The summed E-state index contributed by atoms with van der Waals surface area (Å²) < 4.78 is 15.3. The third-order valence-corrected chi connectivity index (χ3v) is 3.58. The Bertz CT molecular complexity index is 657. The number of hydrogen-bond donors (Lipinski definition) is 1. The van der Waals surface area contributed by atoms with Crippen LogP contribution < -0.4 is 14.8 Å². The summed E-state index contributed by atoms with van der Waals surface area (Å²) in [7, 11) is 6.07. The molecule has 0 radical (unpaired) electrons. The third-order valence-electron chi connectivity index (χ3n) is 2.72. The molecule has 2 aromatic heterocycles. The van der Waals surface area contributed by atoms with Crippen LogP contribution in [0.15, 0.2) is 11.4 Å². The van der Waals surface area contributed by atoms with Crippen molar-refractivity contribution in [3.05, 3.63) is 17.1 Å². The van der Waals surface area contributed by atoms with Crippen LogP contribution in [0.1, 0.15) is 10.5 Å². The van der Waals surface area contributed by atoms with Crippen molar-refractivity contribution in [1.82, 2.24) is 9.97 Å². The second-order valence-corrected chi connectivity index (χ2v) is 4.73. The predicted octanol–water partition coefficient (Wildman–Crippen LogP) is 2.05. The SMILES string of the molecule is CNc1nc(-c2nc(C(=O)OC)cc(OC)c2OC)cs1. The Kier molecular flexibility index (Phi) is 4.59. The number of aromatic nitrogens is 2. The van der Waals surface area contributed by atoms with Gasteiger partial charge in [0, 0.05) is 18.5 Å². The number of hydrogen-bond acceptors (Lipinski definition) is 8. The van der Waals surface area contributed by atoms with Crippen molar-refractivity contribution in [3.63, 3.8) is 0 Å². The van der Waals surface area contributed by atoms with E-state index < -0.39 is 5.97 Å². The lowest BCUT2D eigenvalue weighted by Gasteiger charge is -2.12. The van der Waals surface area contributed by atoms with Crippen LogP contribution in [0.4, 0.5) is 5.13 Å². The summed E-state index contributed by atoms with van der Waals surface area (Å²) in [6.07, 6.45) is 0. The van der Waals surface area contributed by atoms with E-state index in [1.54, 1.807) is 7.05 Å². The van der Waals surface area contributed by atoms with Crippen molar-refractivity contribution in [2.75, 3.05) is 33.7 Å². The van der Waals surface area contributed by atoms with Gasteiger partial charge in [-0.25, -0.2) is 14.8 Å². The lowest BCUT2D eigenvalue weighted by atomic mass is 10.2. The van der Waals surface area contributed by atoms with E-state index in [-0.39, 0.29) is 5.69 Å². The van der Waals surface area contributed by atoms with E-state index in [1.807, 2.05) is 5.38 Å². The second kappa shape index (κ2) is 6.40. The first-order chi connectivity index (χ1) is 10.1. The number of nitrogens with zero attached hydrogens (tertiary/aromatic N) is 2. The van der Waals surface area contributed by atoms with Gasteiger partial charge in [0.25, 0.3) is 0 Å². The maximum Gasteiger partial charge on any atom is 0.356 e. The number of pyridine rings is 1. The summed E-state index contributed by atoms with van der Waals surface area (Å²) in [5.74, 6) is 0.251. The minimum atomic E-state index is -0.554. The van der Waals surface area contributed by atoms with Gasteiger partial charge in [0.15, 0.2) is 22.3 Å². The molecule has 2 heterocycles. The van der Waals surface area contributed by atoms with E-state index in [2.05, 4.69) is 15.3 Å². The average molecular weight is 309 g/mol. The van der Waals surface area contributed by atoms with Crippen LogP contribution in [0, 0.1) is 0 Å². The molecule has 21 heavy (non-hydrogen) atoms. The summed E-state index contributed by atoms with van der Waals surface area (Å²) in [4.78, 5) is 20.4. The monoisotopic (exact) mass is 309 g/mol. The second-order valence-electron chi connectivity index (χ2n) is 3.87. The maximum atomic E-state index is 11.7. The number of ether oxygens (including phenoxy) is 3. The molecule has 0 bridgehead atoms. The number of rotatable bonds is 5. The smallest absolute Gasteiger partial charge is 0.356 e. The van der Waals surface area contributed by atoms with Gasteiger partial charge in [-0.3, -0.25) is 0 Å². The zero-order valence-corrected chi connectivity index (χ0v) is 12.9. The highest BCUT2D eigenvalue weighted by atomic mass is 32.1. The van der Waals surface area contributed by atoms with E-state index >= 15 is 0 Å². The molecule has 0 atom stereocenters. The molecule has 0 saturated carbocycles. The van der Waals surface area contributed by atoms with Gasteiger partial charge in [0.1, 0.15) is 11.4 Å². The molecular formula is C13H15N3O4S. The van der Waals surface area contributed by atoms with Crippen molar-refractivity contribution < 1.29 is 19.0 Å². The number of thiazole rings is 1. The number of esters is 1. The minimum absolute atomic E-state index is 0.129. The normalized spacial score (nSPS) is 10.1. The van der Waals surface area contributed by atoms with Gasteiger partial charge in [0.05, 0.1) is 21.3 Å². The first-order valence-electron chi connectivity index (χ1n) is 5.99.